The van der Waals surface area contributed by atoms with Crippen LogP contribution >= 0.6 is 0 Å². The second-order valence-corrected chi connectivity index (χ2v) is 5.17. The van der Waals surface area contributed by atoms with Crippen molar-refractivity contribution in [2.24, 2.45) is 0 Å². The Morgan fingerprint density at radius 3 is 2.67 bits per heavy atom. The number of ether oxygens (including phenoxy) is 2. The van der Waals surface area contributed by atoms with Gasteiger partial charge in [0.15, 0.2) is 0 Å². The van der Waals surface area contributed by atoms with Crippen molar-refractivity contribution in [3.8, 4) is 5.75 Å². The van der Waals surface area contributed by atoms with E-state index in [1.165, 1.54) is 6.07 Å². The van der Waals surface area contributed by atoms with Crippen molar-refractivity contribution in [2.45, 2.75) is 13.0 Å². The van der Waals surface area contributed by atoms with Crippen molar-refractivity contribution >= 4 is 12.4 Å². The minimum Gasteiger partial charge on any atom is -0.491 e. The van der Waals surface area contributed by atoms with E-state index in [0.717, 1.165) is 25.2 Å². The zero-order valence-electron chi connectivity index (χ0n) is 12.6. The summed E-state index contributed by atoms with van der Waals surface area (Å²) in [6.07, 6.45) is -0.0420. The number of likely N-dealkylation sites (N-methyl/N-ethyl adjacent to an activating group) is 1. The molecule has 1 heterocycles. The van der Waals surface area contributed by atoms with Crippen molar-refractivity contribution in [3.05, 3.63) is 23.8 Å². The number of rotatable bonds is 4. The predicted molar refractivity (Wildman–Crippen MR) is 72.6 cm³/mol. The quantitative estimate of drug-likeness (QED) is 0.646. The van der Waals surface area contributed by atoms with Gasteiger partial charge in [0.25, 0.3) is 0 Å². The third-order valence-corrected chi connectivity index (χ3v) is 3.34. The summed E-state index contributed by atoms with van der Waals surface area (Å²) in [5.41, 5.74) is -0.102. The topological polar surface area (TPSA) is 21.7 Å². The summed E-state index contributed by atoms with van der Waals surface area (Å²) in [6.45, 7) is -0.685. The van der Waals surface area contributed by atoms with Crippen LogP contribution in [-0.4, -0.2) is 51.3 Å². The zero-order chi connectivity index (χ0) is 14.8. The molecule has 0 bridgehead atoms. The Balaban J connectivity index is 0.00000220. The van der Waals surface area contributed by atoms with Crippen LogP contribution < -0.4 is 61.6 Å². The summed E-state index contributed by atoms with van der Waals surface area (Å²) in [5, 5.41) is 0. The van der Waals surface area contributed by atoms with E-state index in [1.807, 2.05) is 7.05 Å². The van der Waals surface area contributed by atoms with Crippen LogP contribution in [0.2, 0.25) is 0 Å². The maximum Gasteiger partial charge on any atom is 1.00 e. The van der Waals surface area contributed by atoms with Gasteiger partial charge < -0.3 is 27.3 Å². The van der Waals surface area contributed by atoms with Crippen molar-refractivity contribution in [1.29, 1.82) is 0 Å². The van der Waals surface area contributed by atoms with Crippen LogP contribution in [0.4, 0.5) is 12.9 Å². The fourth-order valence-corrected chi connectivity index (χ4v) is 2.19. The SMILES string of the molecule is Cc1cc([B-](F)(F)F)ccc1OCC1CN(C)CCO1.[K+]. The Hall–Kier alpha value is 0.431. The molecular weight excluding hydrogens is 309 g/mol. The molecule has 3 nitrogen and oxygen atoms in total. The van der Waals surface area contributed by atoms with Crippen LogP contribution in [0.5, 0.6) is 5.75 Å². The third-order valence-electron chi connectivity index (χ3n) is 3.34. The number of halogens is 3. The zero-order valence-corrected chi connectivity index (χ0v) is 15.7. The van der Waals surface area contributed by atoms with Crippen molar-refractivity contribution in [1.82, 2.24) is 4.90 Å². The van der Waals surface area contributed by atoms with Crippen molar-refractivity contribution in [2.75, 3.05) is 33.4 Å². The first kappa shape index (κ1) is 19.5. The van der Waals surface area contributed by atoms with E-state index >= 15 is 0 Å². The first-order chi connectivity index (χ1) is 9.36. The number of hydrogen-bond acceptors (Lipinski definition) is 3. The third kappa shape index (κ3) is 5.85. The molecule has 1 aliphatic rings. The molecule has 0 aliphatic carbocycles. The Morgan fingerprint density at radius 2 is 2.10 bits per heavy atom. The molecule has 1 saturated heterocycles. The summed E-state index contributed by atoms with van der Waals surface area (Å²) in [6, 6.07) is 3.58. The van der Waals surface area contributed by atoms with E-state index < -0.39 is 12.4 Å². The fraction of sp³-hybridized carbons (Fsp3) is 0.538. The molecule has 21 heavy (non-hydrogen) atoms. The smallest absolute Gasteiger partial charge is 0.491 e. The summed E-state index contributed by atoms with van der Waals surface area (Å²) < 4.78 is 49.0. The molecule has 1 fully saturated rings. The molecule has 0 amide bonds. The molecule has 0 aromatic heterocycles. The number of hydrogen-bond donors (Lipinski definition) is 0. The van der Waals surface area contributed by atoms with Crippen LogP contribution in [-0.2, 0) is 4.74 Å². The number of morpholine rings is 1. The van der Waals surface area contributed by atoms with E-state index in [0.29, 0.717) is 24.5 Å². The van der Waals surface area contributed by atoms with Crippen molar-refractivity contribution < 1.29 is 73.8 Å². The van der Waals surface area contributed by atoms with Crippen LogP contribution in [0.25, 0.3) is 0 Å². The van der Waals surface area contributed by atoms with Gasteiger partial charge in [0.2, 0.25) is 0 Å². The first-order valence-corrected chi connectivity index (χ1v) is 6.59. The average Bonchev–Trinajstić information content (AvgIpc) is 2.36. The molecule has 1 atom stereocenters. The van der Waals surface area contributed by atoms with Gasteiger partial charge in [0.1, 0.15) is 18.5 Å². The van der Waals surface area contributed by atoms with Gasteiger partial charge in [-0.2, -0.15) is 0 Å². The van der Waals surface area contributed by atoms with E-state index in [2.05, 4.69) is 4.90 Å². The second kappa shape index (κ2) is 8.33. The van der Waals surface area contributed by atoms with Crippen LogP contribution in [0, 0.1) is 6.92 Å². The molecule has 0 N–H and O–H groups in total. The molecule has 1 unspecified atom stereocenters. The number of nitrogens with zero attached hydrogens (tertiary/aromatic N) is 1. The minimum absolute atomic E-state index is 0. The van der Waals surface area contributed by atoms with Gasteiger partial charge in [-0.05, 0) is 25.6 Å². The molecule has 0 saturated carbocycles. The van der Waals surface area contributed by atoms with Crippen molar-refractivity contribution in [3.63, 3.8) is 0 Å². The van der Waals surface area contributed by atoms with E-state index in [1.54, 1.807) is 6.92 Å². The molecule has 1 aliphatic heterocycles. The van der Waals surface area contributed by atoms with Gasteiger partial charge >= 0.3 is 58.4 Å². The Bertz CT molecular complexity index is 473. The first-order valence-electron chi connectivity index (χ1n) is 6.59. The number of benzene rings is 1. The summed E-state index contributed by atoms with van der Waals surface area (Å²) in [5.74, 6) is 0.477. The van der Waals surface area contributed by atoms with Gasteiger partial charge in [-0.25, -0.2) is 0 Å². The summed E-state index contributed by atoms with van der Waals surface area (Å²) in [4.78, 5) is 2.14. The Morgan fingerprint density at radius 1 is 1.38 bits per heavy atom. The van der Waals surface area contributed by atoms with Gasteiger partial charge in [-0.1, -0.05) is 12.1 Å². The molecular formula is C13H18BF3KNO2. The van der Waals surface area contributed by atoms with Gasteiger partial charge in [-0.15, -0.1) is 5.46 Å². The second-order valence-electron chi connectivity index (χ2n) is 5.17. The largest absolute Gasteiger partial charge is 1.00 e. The standard InChI is InChI=1S/C13H18BF3NO2.K/c1-10-7-11(14(15,16)17)3-4-13(10)20-9-12-8-18(2)5-6-19-12;/h3-4,7,12H,5-6,8-9H2,1-2H3;/q-1;+1. The Kier molecular flexibility index (Phi) is 7.73. The maximum absolute atomic E-state index is 12.6. The number of aryl methyl sites for hydroxylation is 1. The maximum atomic E-state index is 12.6. The molecule has 1 aromatic rings. The predicted octanol–water partition coefficient (Wildman–Crippen LogP) is -1.24. The Labute approximate surface area is 165 Å². The van der Waals surface area contributed by atoms with Gasteiger partial charge in [-0.3, -0.25) is 0 Å². The molecule has 2 rings (SSSR count). The van der Waals surface area contributed by atoms with E-state index in [9.17, 15) is 12.9 Å². The monoisotopic (exact) mass is 327 g/mol. The van der Waals surface area contributed by atoms with Gasteiger partial charge in [0, 0.05) is 13.1 Å². The van der Waals surface area contributed by atoms with Gasteiger partial charge in [0.05, 0.1) is 6.61 Å². The van der Waals surface area contributed by atoms with Crippen LogP contribution in [0.3, 0.4) is 0 Å². The van der Waals surface area contributed by atoms with Crippen LogP contribution in [0.1, 0.15) is 5.56 Å². The molecule has 1 aromatic carbocycles. The summed E-state index contributed by atoms with van der Waals surface area (Å²) >= 11 is 0. The van der Waals surface area contributed by atoms with Crippen LogP contribution in [0.15, 0.2) is 18.2 Å². The van der Waals surface area contributed by atoms with E-state index in [-0.39, 0.29) is 57.5 Å². The average molecular weight is 327 g/mol. The fourth-order valence-electron chi connectivity index (χ4n) is 2.19. The normalized spacial score (nSPS) is 20.0. The molecule has 0 radical (unpaired) electrons. The summed E-state index contributed by atoms with van der Waals surface area (Å²) in [7, 11) is 2.00. The minimum atomic E-state index is -4.96. The molecule has 112 valence electrons. The molecule has 8 heteroatoms. The van der Waals surface area contributed by atoms with E-state index in [4.69, 9.17) is 9.47 Å². The molecule has 0 spiro atoms.